The highest BCUT2D eigenvalue weighted by Crippen LogP contribution is 2.27. The largest absolute Gasteiger partial charge is 0.478 e. The summed E-state index contributed by atoms with van der Waals surface area (Å²) >= 11 is 5.78. The Bertz CT molecular complexity index is 451. The molecule has 0 aliphatic rings. The van der Waals surface area contributed by atoms with Crippen molar-refractivity contribution >= 4 is 23.4 Å². The van der Waals surface area contributed by atoms with Gasteiger partial charge >= 0.3 is 12.1 Å². The molecular formula is C10H10ClF3N2O2. The van der Waals surface area contributed by atoms with E-state index in [1.165, 1.54) is 24.2 Å². The van der Waals surface area contributed by atoms with Crippen LogP contribution in [0.5, 0.6) is 0 Å². The molecule has 18 heavy (non-hydrogen) atoms. The van der Waals surface area contributed by atoms with Crippen LogP contribution in [0.4, 0.5) is 19.0 Å². The summed E-state index contributed by atoms with van der Waals surface area (Å²) in [7, 11) is 1.37. The Labute approximate surface area is 106 Å². The van der Waals surface area contributed by atoms with Gasteiger partial charge in [0.05, 0.1) is 17.0 Å². The number of halogens is 4. The molecule has 0 amide bonds. The maximum atomic E-state index is 12.1. The third-order valence-electron chi connectivity index (χ3n) is 2.19. The van der Waals surface area contributed by atoms with Crippen molar-refractivity contribution in [1.82, 2.24) is 4.98 Å². The first-order valence-electron chi connectivity index (χ1n) is 4.88. The lowest BCUT2D eigenvalue weighted by atomic mass is 10.2. The Balaban J connectivity index is 2.89. The minimum atomic E-state index is -4.29. The highest BCUT2D eigenvalue weighted by molar-refractivity contribution is 6.35. The molecule has 0 unspecified atom stereocenters. The number of carbonyl (C=O) groups is 1. The van der Waals surface area contributed by atoms with Crippen LogP contribution in [-0.2, 0) is 0 Å². The number of hydrogen-bond acceptors (Lipinski definition) is 3. The molecule has 1 rings (SSSR count). The molecule has 0 bridgehead atoms. The van der Waals surface area contributed by atoms with Crippen LogP contribution in [-0.4, -0.2) is 35.8 Å². The van der Waals surface area contributed by atoms with Gasteiger partial charge in [-0.15, -0.1) is 0 Å². The number of hydrogen-bond donors (Lipinski definition) is 1. The van der Waals surface area contributed by atoms with Crippen molar-refractivity contribution in [1.29, 1.82) is 0 Å². The first-order valence-corrected chi connectivity index (χ1v) is 5.26. The molecule has 4 nitrogen and oxygen atoms in total. The van der Waals surface area contributed by atoms with Gasteiger partial charge < -0.3 is 10.0 Å². The summed E-state index contributed by atoms with van der Waals surface area (Å²) in [5, 5.41) is 8.65. The molecule has 0 aromatic carbocycles. The Morgan fingerprint density at radius 1 is 1.56 bits per heavy atom. The molecule has 1 aromatic heterocycles. The van der Waals surface area contributed by atoms with Crippen LogP contribution < -0.4 is 4.90 Å². The number of alkyl halides is 3. The molecule has 1 aromatic rings. The van der Waals surface area contributed by atoms with Crippen LogP contribution in [0.1, 0.15) is 16.8 Å². The lowest BCUT2D eigenvalue weighted by Crippen LogP contribution is -2.25. The summed E-state index contributed by atoms with van der Waals surface area (Å²) in [6, 6.07) is 1.19. The van der Waals surface area contributed by atoms with Crippen molar-refractivity contribution in [3.8, 4) is 0 Å². The summed E-state index contributed by atoms with van der Waals surface area (Å²) in [4.78, 5) is 15.8. The summed E-state index contributed by atoms with van der Waals surface area (Å²) in [6.07, 6.45) is -4.13. The summed E-state index contributed by atoms with van der Waals surface area (Å²) in [5.41, 5.74) is -0.194. The molecule has 0 aliphatic heterocycles. The van der Waals surface area contributed by atoms with E-state index in [-0.39, 0.29) is 22.9 Å². The maximum absolute atomic E-state index is 12.1. The average Bonchev–Trinajstić information content (AvgIpc) is 2.24. The number of pyridine rings is 1. The van der Waals surface area contributed by atoms with Crippen LogP contribution in [0.3, 0.4) is 0 Å². The average molecular weight is 283 g/mol. The van der Waals surface area contributed by atoms with Crippen LogP contribution in [0.2, 0.25) is 5.02 Å². The molecule has 100 valence electrons. The van der Waals surface area contributed by atoms with Gasteiger partial charge in [-0.2, -0.15) is 13.2 Å². The lowest BCUT2D eigenvalue weighted by Gasteiger charge is -2.20. The fraction of sp³-hybridized carbons (Fsp3) is 0.400. The van der Waals surface area contributed by atoms with Gasteiger partial charge in [0.15, 0.2) is 0 Å². The summed E-state index contributed by atoms with van der Waals surface area (Å²) in [5.74, 6) is -1.24. The second-order valence-electron chi connectivity index (χ2n) is 3.59. The molecule has 8 heteroatoms. The number of aromatic carboxylic acids is 1. The van der Waals surface area contributed by atoms with E-state index in [1.54, 1.807) is 0 Å². The quantitative estimate of drug-likeness (QED) is 0.922. The van der Waals surface area contributed by atoms with Crippen molar-refractivity contribution < 1.29 is 23.1 Å². The SMILES string of the molecule is CN(CCC(F)(F)F)c1nccc(C(=O)O)c1Cl. The molecular weight excluding hydrogens is 273 g/mol. The number of aromatic nitrogens is 1. The van der Waals surface area contributed by atoms with Gasteiger partial charge in [-0.1, -0.05) is 11.6 Å². The van der Waals surface area contributed by atoms with E-state index in [2.05, 4.69) is 4.98 Å². The van der Waals surface area contributed by atoms with Crippen LogP contribution >= 0.6 is 11.6 Å². The minimum Gasteiger partial charge on any atom is -0.478 e. The molecule has 0 radical (unpaired) electrons. The molecule has 1 N–H and O–H groups in total. The third-order valence-corrected chi connectivity index (χ3v) is 2.57. The lowest BCUT2D eigenvalue weighted by molar-refractivity contribution is -0.132. The maximum Gasteiger partial charge on any atom is 0.390 e. The van der Waals surface area contributed by atoms with E-state index in [9.17, 15) is 18.0 Å². The Hall–Kier alpha value is -1.50. The Kier molecular flexibility index (Phi) is 4.39. The Morgan fingerprint density at radius 2 is 2.17 bits per heavy atom. The Morgan fingerprint density at radius 3 is 2.67 bits per heavy atom. The van der Waals surface area contributed by atoms with Gasteiger partial charge in [-0.3, -0.25) is 0 Å². The predicted molar refractivity (Wildman–Crippen MR) is 60.1 cm³/mol. The zero-order valence-corrected chi connectivity index (χ0v) is 10.1. The smallest absolute Gasteiger partial charge is 0.390 e. The van der Waals surface area contributed by atoms with E-state index in [4.69, 9.17) is 16.7 Å². The molecule has 0 saturated carbocycles. The van der Waals surface area contributed by atoms with Gasteiger partial charge in [-0.05, 0) is 6.07 Å². The van der Waals surface area contributed by atoms with Crippen LogP contribution in [0, 0.1) is 0 Å². The molecule has 0 saturated heterocycles. The van der Waals surface area contributed by atoms with Crippen molar-refractivity contribution in [3.05, 3.63) is 22.8 Å². The van der Waals surface area contributed by atoms with Crippen molar-refractivity contribution in [2.24, 2.45) is 0 Å². The van der Waals surface area contributed by atoms with Gasteiger partial charge in [0.1, 0.15) is 5.82 Å². The monoisotopic (exact) mass is 282 g/mol. The van der Waals surface area contributed by atoms with Crippen LogP contribution in [0.25, 0.3) is 0 Å². The van der Waals surface area contributed by atoms with E-state index >= 15 is 0 Å². The number of rotatable bonds is 4. The summed E-state index contributed by atoms with van der Waals surface area (Å²) < 4.78 is 36.2. The first kappa shape index (κ1) is 14.6. The standard InChI is InChI=1S/C10H10ClF3N2O2/c1-16(5-3-10(12,13)14)8-7(11)6(9(17)18)2-4-15-8/h2,4H,3,5H2,1H3,(H,17,18). The van der Waals surface area contributed by atoms with E-state index in [0.29, 0.717) is 0 Å². The van der Waals surface area contributed by atoms with E-state index < -0.39 is 18.6 Å². The first-order chi connectivity index (χ1) is 8.22. The van der Waals surface area contributed by atoms with Gasteiger partial charge in [0.25, 0.3) is 0 Å². The zero-order chi connectivity index (χ0) is 13.9. The normalized spacial score (nSPS) is 11.4. The molecule has 0 fully saturated rings. The predicted octanol–water partition coefficient (Wildman–Crippen LogP) is 2.82. The van der Waals surface area contributed by atoms with Crippen molar-refractivity contribution in [3.63, 3.8) is 0 Å². The second-order valence-corrected chi connectivity index (χ2v) is 3.97. The van der Waals surface area contributed by atoms with E-state index in [0.717, 1.165) is 0 Å². The number of carboxylic acid groups (broad SMARTS) is 1. The van der Waals surface area contributed by atoms with E-state index in [1.807, 2.05) is 0 Å². The second kappa shape index (κ2) is 5.43. The minimum absolute atomic E-state index is 0.0146. The van der Waals surface area contributed by atoms with Crippen molar-refractivity contribution in [2.45, 2.75) is 12.6 Å². The van der Waals surface area contributed by atoms with Gasteiger partial charge in [-0.25, -0.2) is 9.78 Å². The van der Waals surface area contributed by atoms with Crippen LogP contribution in [0.15, 0.2) is 12.3 Å². The fourth-order valence-corrected chi connectivity index (χ4v) is 1.60. The highest BCUT2D eigenvalue weighted by Gasteiger charge is 2.28. The molecule has 0 aliphatic carbocycles. The topological polar surface area (TPSA) is 53.4 Å². The van der Waals surface area contributed by atoms with Crippen molar-refractivity contribution in [2.75, 3.05) is 18.5 Å². The number of carboxylic acids is 1. The van der Waals surface area contributed by atoms with Gasteiger partial charge in [0.2, 0.25) is 0 Å². The fourth-order valence-electron chi connectivity index (χ4n) is 1.26. The number of anilines is 1. The zero-order valence-electron chi connectivity index (χ0n) is 9.33. The molecule has 0 atom stereocenters. The molecule has 1 heterocycles. The van der Waals surface area contributed by atoms with Gasteiger partial charge in [0, 0.05) is 19.8 Å². The summed E-state index contributed by atoms with van der Waals surface area (Å²) in [6.45, 7) is -0.348. The highest BCUT2D eigenvalue weighted by atomic mass is 35.5. The number of nitrogens with zero attached hydrogens (tertiary/aromatic N) is 2. The molecule has 0 spiro atoms. The third kappa shape index (κ3) is 3.76.